The maximum atomic E-state index is 9.06. The zero-order chi connectivity index (χ0) is 12.1. The van der Waals surface area contributed by atoms with Crippen molar-refractivity contribution in [3.05, 3.63) is 34.0 Å². The fraction of sp³-hybridized carbons (Fsp3) is 0.455. The van der Waals surface area contributed by atoms with E-state index >= 15 is 0 Å². The standard InChI is InChI=1S/C11H16N4OS/c1-9-12-11(14-13-9)8-15(4-5-16)7-10-3-2-6-17-10/h2-3,6,16H,4-5,7-8H2,1H3,(H,12,13,14). The Balaban J connectivity index is 1.97. The third-order valence-electron chi connectivity index (χ3n) is 2.38. The minimum absolute atomic E-state index is 0.148. The van der Waals surface area contributed by atoms with Crippen molar-refractivity contribution in [3.63, 3.8) is 0 Å². The second-order valence-electron chi connectivity index (χ2n) is 3.85. The molecule has 5 nitrogen and oxygen atoms in total. The molecule has 2 rings (SSSR count). The summed E-state index contributed by atoms with van der Waals surface area (Å²) in [4.78, 5) is 7.69. The number of aromatic nitrogens is 3. The van der Waals surface area contributed by atoms with Crippen LogP contribution in [-0.2, 0) is 13.1 Å². The van der Waals surface area contributed by atoms with E-state index in [0.717, 1.165) is 18.2 Å². The lowest BCUT2D eigenvalue weighted by Gasteiger charge is -2.18. The van der Waals surface area contributed by atoms with Crippen LogP contribution in [0.3, 0.4) is 0 Å². The predicted molar refractivity (Wildman–Crippen MR) is 66.6 cm³/mol. The van der Waals surface area contributed by atoms with Gasteiger partial charge in [0.25, 0.3) is 0 Å². The Morgan fingerprint density at radius 3 is 2.94 bits per heavy atom. The summed E-state index contributed by atoms with van der Waals surface area (Å²) in [6.45, 7) is 4.14. The van der Waals surface area contributed by atoms with Gasteiger partial charge in [-0.15, -0.1) is 11.3 Å². The minimum Gasteiger partial charge on any atom is -0.395 e. The van der Waals surface area contributed by atoms with Crippen LogP contribution >= 0.6 is 11.3 Å². The van der Waals surface area contributed by atoms with Crippen molar-refractivity contribution < 1.29 is 5.11 Å². The first-order valence-electron chi connectivity index (χ1n) is 5.51. The lowest BCUT2D eigenvalue weighted by Crippen LogP contribution is -2.26. The molecule has 0 aliphatic heterocycles. The molecule has 0 aliphatic rings. The first-order valence-corrected chi connectivity index (χ1v) is 6.39. The van der Waals surface area contributed by atoms with Gasteiger partial charge in [-0.05, 0) is 18.4 Å². The summed E-state index contributed by atoms with van der Waals surface area (Å²) < 4.78 is 0. The number of rotatable bonds is 6. The summed E-state index contributed by atoms with van der Waals surface area (Å²) in [5.74, 6) is 1.59. The molecule has 0 bridgehead atoms. The molecule has 0 saturated carbocycles. The summed E-state index contributed by atoms with van der Waals surface area (Å²) in [5.41, 5.74) is 0. The topological polar surface area (TPSA) is 65.0 Å². The van der Waals surface area contributed by atoms with Crippen LogP contribution in [0.4, 0.5) is 0 Å². The highest BCUT2D eigenvalue weighted by atomic mass is 32.1. The highest BCUT2D eigenvalue weighted by molar-refractivity contribution is 7.09. The van der Waals surface area contributed by atoms with Gasteiger partial charge < -0.3 is 5.11 Å². The Morgan fingerprint density at radius 1 is 1.47 bits per heavy atom. The quantitative estimate of drug-likeness (QED) is 0.810. The maximum absolute atomic E-state index is 9.06. The monoisotopic (exact) mass is 252 g/mol. The molecule has 0 amide bonds. The number of aromatic amines is 1. The number of H-pyrrole nitrogens is 1. The molecule has 17 heavy (non-hydrogen) atoms. The van der Waals surface area contributed by atoms with E-state index in [1.165, 1.54) is 4.88 Å². The fourth-order valence-corrected chi connectivity index (χ4v) is 2.38. The van der Waals surface area contributed by atoms with E-state index in [2.05, 4.69) is 31.5 Å². The van der Waals surface area contributed by atoms with E-state index in [4.69, 9.17) is 5.11 Å². The number of aliphatic hydroxyl groups excluding tert-OH is 1. The molecule has 0 fully saturated rings. The third-order valence-corrected chi connectivity index (χ3v) is 3.25. The molecule has 0 aromatic carbocycles. The Bertz CT molecular complexity index is 440. The summed E-state index contributed by atoms with van der Waals surface area (Å²) in [6.07, 6.45) is 0. The fourth-order valence-electron chi connectivity index (χ4n) is 1.64. The van der Waals surface area contributed by atoms with Gasteiger partial charge in [-0.25, -0.2) is 4.98 Å². The average Bonchev–Trinajstić information content (AvgIpc) is 2.91. The summed E-state index contributed by atoms with van der Waals surface area (Å²) >= 11 is 1.72. The van der Waals surface area contributed by atoms with Crippen LogP contribution in [0.25, 0.3) is 0 Å². The van der Waals surface area contributed by atoms with E-state index in [0.29, 0.717) is 13.1 Å². The van der Waals surface area contributed by atoms with Gasteiger partial charge in [-0.2, -0.15) is 5.10 Å². The normalized spacial score (nSPS) is 11.2. The van der Waals surface area contributed by atoms with Crippen LogP contribution in [0.2, 0.25) is 0 Å². The second kappa shape index (κ2) is 5.90. The van der Waals surface area contributed by atoms with E-state index < -0.39 is 0 Å². The SMILES string of the molecule is Cc1nc(CN(CCO)Cc2cccs2)n[nH]1. The van der Waals surface area contributed by atoms with Crippen LogP contribution in [-0.4, -0.2) is 38.3 Å². The molecule has 0 aliphatic carbocycles. The lowest BCUT2D eigenvalue weighted by molar-refractivity contribution is 0.182. The highest BCUT2D eigenvalue weighted by Gasteiger charge is 2.10. The number of hydrogen-bond acceptors (Lipinski definition) is 5. The van der Waals surface area contributed by atoms with Gasteiger partial charge in [0.05, 0.1) is 13.2 Å². The zero-order valence-electron chi connectivity index (χ0n) is 9.76. The van der Waals surface area contributed by atoms with Crippen molar-refractivity contribution in [2.45, 2.75) is 20.0 Å². The first kappa shape index (κ1) is 12.2. The molecule has 2 N–H and O–H groups in total. The first-order chi connectivity index (χ1) is 8.28. The van der Waals surface area contributed by atoms with Gasteiger partial charge in [0.15, 0.2) is 5.82 Å². The van der Waals surface area contributed by atoms with Crippen LogP contribution in [0.1, 0.15) is 16.5 Å². The number of thiophene rings is 1. The Hall–Kier alpha value is -1.24. The van der Waals surface area contributed by atoms with E-state index in [1.807, 2.05) is 13.0 Å². The Kier molecular flexibility index (Phi) is 4.24. The molecule has 92 valence electrons. The number of nitrogens with zero attached hydrogens (tertiary/aromatic N) is 3. The third kappa shape index (κ3) is 3.62. The van der Waals surface area contributed by atoms with Crippen LogP contribution in [0, 0.1) is 6.92 Å². The maximum Gasteiger partial charge on any atom is 0.164 e. The number of hydrogen-bond donors (Lipinski definition) is 2. The van der Waals surface area contributed by atoms with Gasteiger partial charge in [0.1, 0.15) is 5.82 Å². The van der Waals surface area contributed by atoms with E-state index in [9.17, 15) is 0 Å². The van der Waals surface area contributed by atoms with Crippen molar-refractivity contribution in [2.24, 2.45) is 0 Å². The van der Waals surface area contributed by atoms with Crippen molar-refractivity contribution in [1.82, 2.24) is 20.1 Å². The molecule has 2 heterocycles. The molecular formula is C11H16N4OS. The van der Waals surface area contributed by atoms with Crippen molar-refractivity contribution in [2.75, 3.05) is 13.2 Å². The van der Waals surface area contributed by atoms with Crippen molar-refractivity contribution >= 4 is 11.3 Å². The number of nitrogens with one attached hydrogen (secondary N) is 1. The summed E-state index contributed by atoms with van der Waals surface area (Å²) in [6, 6.07) is 4.13. The number of aliphatic hydroxyl groups is 1. The second-order valence-corrected chi connectivity index (χ2v) is 4.88. The smallest absolute Gasteiger partial charge is 0.164 e. The van der Waals surface area contributed by atoms with Crippen LogP contribution in [0.15, 0.2) is 17.5 Å². The van der Waals surface area contributed by atoms with Gasteiger partial charge in [-0.1, -0.05) is 6.07 Å². The molecule has 0 radical (unpaired) electrons. The number of aryl methyl sites for hydroxylation is 1. The van der Waals surface area contributed by atoms with E-state index in [1.54, 1.807) is 11.3 Å². The molecule has 2 aromatic rings. The van der Waals surface area contributed by atoms with E-state index in [-0.39, 0.29) is 6.61 Å². The van der Waals surface area contributed by atoms with Gasteiger partial charge in [-0.3, -0.25) is 10.00 Å². The molecular weight excluding hydrogens is 236 g/mol. The summed E-state index contributed by atoms with van der Waals surface area (Å²) in [7, 11) is 0. The Morgan fingerprint density at radius 2 is 2.35 bits per heavy atom. The molecule has 6 heteroatoms. The predicted octanol–water partition coefficient (Wildman–Crippen LogP) is 1.17. The zero-order valence-corrected chi connectivity index (χ0v) is 10.6. The highest BCUT2D eigenvalue weighted by Crippen LogP contribution is 2.12. The summed E-state index contributed by atoms with van der Waals surface area (Å²) in [5, 5.41) is 18.1. The largest absolute Gasteiger partial charge is 0.395 e. The average molecular weight is 252 g/mol. The molecule has 2 aromatic heterocycles. The van der Waals surface area contributed by atoms with Gasteiger partial charge in [0.2, 0.25) is 0 Å². The molecule has 0 saturated heterocycles. The van der Waals surface area contributed by atoms with Crippen molar-refractivity contribution in [1.29, 1.82) is 0 Å². The molecule has 0 unspecified atom stereocenters. The Labute approximate surface area is 104 Å². The van der Waals surface area contributed by atoms with Gasteiger partial charge >= 0.3 is 0 Å². The lowest BCUT2D eigenvalue weighted by atomic mass is 10.4. The van der Waals surface area contributed by atoms with Gasteiger partial charge in [0, 0.05) is 18.0 Å². The van der Waals surface area contributed by atoms with Crippen LogP contribution in [0.5, 0.6) is 0 Å². The minimum atomic E-state index is 0.148. The molecule has 0 atom stereocenters. The molecule has 0 spiro atoms. The van der Waals surface area contributed by atoms with Crippen LogP contribution < -0.4 is 0 Å². The van der Waals surface area contributed by atoms with Crippen molar-refractivity contribution in [3.8, 4) is 0 Å².